The Balaban J connectivity index is 1.65. The summed E-state index contributed by atoms with van der Waals surface area (Å²) in [5.41, 5.74) is 3.04. The van der Waals surface area contributed by atoms with Gasteiger partial charge in [0, 0.05) is 38.2 Å². The Morgan fingerprint density at radius 1 is 1.38 bits per heavy atom. The predicted octanol–water partition coefficient (Wildman–Crippen LogP) is 3.08. The molecule has 1 aliphatic rings. The maximum Gasteiger partial charge on any atom is 0.226 e. The van der Waals surface area contributed by atoms with Crippen LogP contribution in [0.3, 0.4) is 0 Å². The Bertz CT molecular complexity index is 724. The highest BCUT2D eigenvalue weighted by molar-refractivity contribution is 5.80. The molecule has 1 atom stereocenters. The van der Waals surface area contributed by atoms with Crippen LogP contribution >= 0.6 is 0 Å². The van der Waals surface area contributed by atoms with Crippen molar-refractivity contribution in [3.05, 3.63) is 41.8 Å². The average Bonchev–Trinajstić information content (AvgIpc) is 3.29. The maximum absolute atomic E-state index is 5.63. The predicted molar refractivity (Wildman–Crippen MR) is 103 cm³/mol. The van der Waals surface area contributed by atoms with Crippen molar-refractivity contribution in [1.29, 1.82) is 0 Å². The summed E-state index contributed by atoms with van der Waals surface area (Å²) in [6, 6.07) is 8.17. The molecule has 1 fully saturated rings. The number of rotatable bonds is 6. The minimum Gasteiger partial charge on any atom is -0.444 e. The Labute approximate surface area is 155 Å². The Kier molecular flexibility index (Phi) is 6.28. The molecule has 1 N–H and O–H groups in total. The van der Waals surface area contributed by atoms with Crippen LogP contribution in [0.4, 0.5) is 0 Å². The second kappa shape index (κ2) is 8.85. The first-order chi connectivity index (χ1) is 12.7. The highest BCUT2D eigenvalue weighted by Gasteiger charge is 2.24. The average molecular weight is 356 g/mol. The largest absolute Gasteiger partial charge is 0.444 e. The molecule has 1 aromatic heterocycles. The van der Waals surface area contributed by atoms with Gasteiger partial charge in [-0.05, 0) is 32.4 Å². The molecular formula is C20H28N4O2. The molecule has 1 aromatic carbocycles. The fourth-order valence-electron chi connectivity index (χ4n) is 3.19. The number of ether oxygens (including phenoxy) is 1. The van der Waals surface area contributed by atoms with Gasteiger partial charge in [0.15, 0.2) is 5.96 Å². The van der Waals surface area contributed by atoms with E-state index in [0.717, 1.165) is 49.9 Å². The molecule has 140 valence electrons. The van der Waals surface area contributed by atoms with Crippen LogP contribution in [-0.4, -0.2) is 49.2 Å². The van der Waals surface area contributed by atoms with Gasteiger partial charge in [0.05, 0.1) is 13.2 Å². The van der Waals surface area contributed by atoms with Crippen LogP contribution in [-0.2, 0) is 11.3 Å². The van der Waals surface area contributed by atoms with Gasteiger partial charge in [-0.3, -0.25) is 0 Å². The highest BCUT2D eigenvalue weighted by Crippen LogP contribution is 2.20. The van der Waals surface area contributed by atoms with Crippen LogP contribution in [0.15, 0.2) is 39.9 Å². The lowest BCUT2D eigenvalue weighted by Gasteiger charge is -2.21. The SMILES string of the molecule is CCNC(=NCc1coc(-c2ccc(C)cc2)n1)N1CCC(COC)C1. The summed E-state index contributed by atoms with van der Waals surface area (Å²) in [7, 11) is 1.76. The molecule has 0 bridgehead atoms. The number of hydrogen-bond donors (Lipinski definition) is 1. The first kappa shape index (κ1) is 18.5. The van der Waals surface area contributed by atoms with Crippen LogP contribution in [0.25, 0.3) is 11.5 Å². The summed E-state index contributed by atoms with van der Waals surface area (Å²) in [6.07, 6.45) is 2.83. The van der Waals surface area contributed by atoms with Crippen molar-refractivity contribution in [3.8, 4) is 11.5 Å². The standard InChI is InChI=1S/C20H28N4O2/c1-4-21-20(24-10-9-16(12-24)13-25-3)22-11-18-14-26-19(23-18)17-7-5-15(2)6-8-17/h5-8,14,16H,4,9-13H2,1-3H3,(H,21,22). The second-order valence-electron chi connectivity index (χ2n) is 6.74. The van der Waals surface area contributed by atoms with Gasteiger partial charge in [-0.15, -0.1) is 0 Å². The molecule has 0 saturated carbocycles. The maximum atomic E-state index is 5.63. The van der Waals surface area contributed by atoms with E-state index in [-0.39, 0.29) is 0 Å². The number of likely N-dealkylation sites (tertiary alicyclic amines) is 1. The number of nitrogens with zero attached hydrogens (tertiary/aromatic N) is 3. The molecular weight excluding hydrogens is 328 g/mol. The zero-order valence-corrected chi connectivity index (χ0v) is 15.9. The number of aliphatic imine (C=N–C) groups is 1. The molecule has 6 nitrogen and oxygen atoms in total. The molecule has 0 spiro atoms. The van der Waals surface area contributed by atoms with Gasteiger partial charge in [0.25, 0.3) is 0 Å². The minimum atomic E-state index is 0.503. The van der Waals surface area contributed by atoms with Gasteiger partial charge in [-0.25, -0.2) is 9.98 Å². The third kappa shape index (κ3) is 4.64. The van der Waals surface area contributed by atoms with Crippen LogP contribution < -0.4 is 5.32 Å². The summed E-state index contributed by atoms with van der Waals surface area (Å²) >= 11 is 0. The molecule has 0 amide bonds. The molecule has 26 heavy (non-hydrogen) atoms. The zero-order chi connectivity index (χ0) is 18.4. The number of aromatic nitrogens is 1. The number of methoxy groups -OCH3 is 1. The number of benzene rings is 1. The highest BCUT2D eigenvalue weighted by atomic mass is 16.5. The number of hydrogen-bond acceptors (Lipinski definition) is 4. The van der Waals surface area contributed by atoms with Crippen molar-refractivity contribution in [1.82, 2.24) is 15.2 Å². The number of aryl methyl sites for hydroxylation is 1. The lowest BCUT2D eigenvalue weighted by Crippen LogP contribution is -2.40. The van der Waals surface area contributed by atoms with Crippen molar-refractivity contribution < 1.29 is 9.15 Å². The second-order valence-corrected chi connectivity index (χ2v) is 6.74. The van der Waals surface area contributed by atoms with Crippen molar-refractivity contribution in [2.75, 3.05) is 33.4 Å². The van der Waals surface area contributed by atoms with E-state index >= 15 is 0 Å². The Morgan fingerprint density at radius 3 is 2.92 bits per heavy atom. The van der Waals surface area contributed by atoms with Crippen LogP contribution in [0.5, 0.6) is 0 Å². The van der Waals surface area contributed by atoms with E-state index in [0.29, 0.717) is 18.4 Å². The molecule has 1 unspecified atom stereocenters. The molecule has 6 heteroatoms. The van der Waals surface area contributed by atoms with Gasteiger partial charge < -0.3 is 19.4 Å². The third-order valence-electron chi connectivity index (χ3n) is 4.56. The van der Waals surface area contributed by atoms with Gasteiger partial charge >= 0.3 is 0 Å². The summed E-state index contributed by atoms with van der Waals surface area (Å²) in [6.45, 7) is 8.29. The van der Waals surface area contributed by atoms with E-state index in [4.69, 9.17) is 14.1 Å². The van der Waals surface area contributed by atoms with Gasteiger partial charge in [-0.1, -0.05) is 17.7 Å². The minimum absolute atomic E-state index is 0.503. The number of oxazole rings is 1. The van der Waals surface area contributed by atoms with E-state index in [1.165, 1.54) is 5.56 Å². The topological polar surface area (TPSA) is 62.9 Å². The summed E-state index contributed by atoms with van der Waals surface area (Å²) in [4.78, 5) is 11.6. The fraction of sp³-hybridized carbons (Fsp3) is 0.500. The molecule has 0 aliphatic carbocycles. The summed E-state index contributed by atoms with van der Waals surface area (Å²) in [5, 5.41) is 3.38. The van der Waals surface area contributed by atoms with Gasteiger partial charge in [0.1, 0.15) is 12.0 Å². The summed E-state index contributed by atoms with van der Waals surface area (Å²) < 4.78 is 10.9. The smallest absolute Gasteiger partial charge is 0.226 e. The normalized spacial score (nSPS) is 17.7. The molecule has 2 heterocycles. The summed E-state index contributed by atoms with van der Waals surface area (Å²) in [5.74, 6) is 2.15. The number of nitrogens with one attached hydrogen (secondary N) is 1. The van der Waals surface area contributed by atoms with Crippen LogP contribution in [0, 0.1) is 12.8 Å². The van der Waals surface area contributed by atoms with Crippen molar-refractivity contribution >= 4 is 5.96 Å². The molecule has 3 rings (SSSR count). The fourth-order valence-corrected chi connectivity index (χ4v) is 3.19. The van der Waals surface area contributed by atoms with Gasteiger partial charge in [-0.2, -0.15) is 0 Å². The molecule has 0 radical (unpaired) electrons. The lowest BCUT2D eigenvalue weighted by atomic mass is 10.1. The van der Waals surface area contributed by atoms with E-state index in [2.05, 4.69) is 41.2 Å². The van der Waals surface area contributed by atoms with E-state index in [1.54, 1.807) is 13.4 Å². The third-order valence-corrected chi connectivity index (χ3v) is 4.56. The Hall–Kier alpha value is -2.34. The van der Waals surface area contributed by atoms with Crippen molar-refractivity contribution in [2.45, 2.75) is 26.8 Å². The van der Waals surface area contributed by atoms with E-state index in [9.17, 15) is 0 Å². The zero-order valence-electron chi connectivity index (χ0n) is 15.9. The van der Waals surface area contributed by atoms with Crippen molar-refractivity contribution in [2.24, 2.45) is 10.9 Å². The molecule has 1 aliphatic heterocycles. The monoisotopic (exact) mass is 356 g/mol. The molecule has 2 aromatic rings. The quantitative estimate of drug-likeness (QED) is 0.637. The first-order valence-corrected chi connectivity index (χ1v) is 9.23. The first-order valence-electron chi connectivity index (χ1n) is 9.23. The molecule has 1 saturated heterocycles. The van der Waals surface area contributed by atoms with E-state index in [1.807, 2.05) is 12.1 Å². The number of guanidine groups is 1. The van der Waals surface area contributed by atoms with Crippen LogP contribution in [0.2, 0.25) is 0 Å². The Morgan fingerprint density at radius 2 is 2.19 bits per heavy atom. The van der Waals surface area contributed by atoms with Crippen molar-refractivity contribution in [3.63, 3.8) is 0 Å². The van der Waals surface area contributed by atoms with Gasteiger partial charge in [0.2, 0.25) is 5.89 Å². The van der Waals surface area contributed by atoms with Crippen LogP contribution in [0.1, 0.15) is 24.6 Å². The lowest BCUT2D eigenvalue weighted by molar-refractivity contribution is 0.157. The van der Waals surface area contributed by atoms with E-state index < -0.39 is 0 Å².